The SMILES string of the molecule is O=C1Nc2cc(-c3ccccc3)ccc2C1=Cc1cnc[nH]1. The van der Waals surface area contributed by atoms with Gasteiger partial charge in [0, 0.05) is 11.3 Å². The molecule has 22 heavy (non-hydrogen) atoms. The van der Waals surface area contributed by atoms with Crippen molar-refractivity contribution in [1.29, 1.82) is 0 Å². The summed E-state index contributed by atoms with van der Waals surface area (Å²) >= 11 is 0. The fraction of sp³-hybridized carbons (Fsp3) is 0. The maximum absolute atomic E-state index is 12.2. The molecule has 0 unspecified atom stereocenters. The first-order valence-electron chi connectivity index (χ1n) is 7.02. The Hall–Kier alpha value is -3.14. The van der Waals surface area contributed by atoms with E-state index in [2.05, 4.69) is 27.4 Å². The number of hydrogen-bond acceptors (Lipinski definition) is 2. The number of nitrogens with one attached hydrogen (secondary N) is 2. The summed E-state index contributed by atoms with van der Waals surface area (Å²) in [7, 11) is 0. The molecule has 0 atom stereocenters. The molecule has 106 valence electrons. The van der Waals surface area contributed by atoms with Crippen LogP contribution in [0.15, 0.2) is 61.1 Å². The van der Waals surface area contributed by atoms with Crippen molar-refractivity contribution in [2.75, 3.05) is 5.32 Å². The zero-order valence-corrected chi connectivity index (χ0v) is 11.7. The topological polar surface area (TPSA) is 57.8 Å². The molecule has 2 heterocycles. The molecule has 1 aliphatic heterocycles. The molecule has 0 bridgehead atoms. The number of hydrogen-bond donors (Lipinski definition) is 2. The van der Waals surface area contributed by atoms with E-state index in [1.807, 2.05) is 42.5 Å². The molecule has 1 aromatic heterocycles. The van der Waals surface area contributed by atoms with Crippen LogP contribution in [0.3, 0.4) is 0 Å². The number of rotatable bonds is 2. The number of imidazole rings is 1. The highest BCUT2D eigenvalue weighted by atomic mass is 16.2. The molecular weight excluding hydrogens is 274 g/mol. The molecule has 0 spiro atoms. The average Bonchev–Trinajstić information content (AvgIpc) is 3.17. The molecule has 3 aromatic rings. The second-order valence-corrected chi connectivity index (χ2v) is 5.15. The Kier molecular flexibility index (Phi) is 2.86. The van der Waals surface area contributed by atoms with Crippen molar-refractivity contribution in [1.82, 2.24) is 9.97 Å². The lowest BCUT2D eigenvalue weighted by atomic mass is 10.0. The van der Waals surface area contributed by atoms with Gasteiger partial charge < -0.3 is 10.3 Å². The van der Waals surface area contributed by atoms with E-state index < -0.39 is 0 Å². The van der Waals surface area contributed by atoms with Gasteiger partial charge in [0.1, 0.15) is 0 Å². The number of fused-ring (bicyclic) bond motifs is 1. The van der Waals surface area contributed by atoms with Crippen LogP contribution in [0.5, 0.6) is 0 Å². The van der Waals surface area contributed by atoms with Gasteiger partial charge in [-0.15, -0.1) is 0 Å². The summed E-state index contributed by atoms with van der Waals surface area (Å²) in [6.45, 7) is 0. The number of nitrogens with zero attached hydrogens (tertiary/aromatic N) is 1. The Bertz CT molecular complexity index is 865. The Morgan fingerprint density at radius 1 is 1.00 bits per heavy atom. The van der Waals surface area contributed by atoms with Gasteiger partial charge in [-0.05, 0) is 23.3 Å². The van der Waals surface area contributed by atoms with Crippen molar-refractivity contribution in [2.45, 2.75) is 0 Å². The minimum atomic E-state index is -0.0881. The third-order valence-corrected chi connectivity index (χ3v) is 3.73. The molecular formula is C18H13N3O. The van der Waals surface area contributed by atoms with E-state index in [1.54, 1.807) is 12.5 Å². The first-order chi connectivity index (χ1) is 10.8. The van der Waals surface area contributed by atoms with Crippen LogP contribution in [0.2, 0.25) is 0 Å². The van der Waals surface area contributed by atoms with Gasteiger partial charge in [0.15, 0.2) is 0 Å². The summed E-state index contributed by atoms with van der Waals surface area (Å²) < 4.78 is 0. The lowest BCUT2D eigenvalue weighted by Crippen LogP contribution is -2.03. The molecule has 1 aliphatic rings. The predicted octanol–water partition coefficient (Wildman–Crippen LogP) is 3.57. The Labute approximate surface area is 127 Å². The summed E-state index contributed by atoms with van der Waals surface area (Å²) in [5.41, 5.74) is 5.44. The van der Waals surface area contributed by atoms with Gasteiger partial charge in [-0.3, -0.25) is 4.79 Å². The minimum absolute atomic E-state index is 0.0881. The van der Waals surface area contributed by atoms with Crippen LogP contribution < -0.4 is 5.32 Å². The summed E-state index contributed by atoms with van der Waals surface area (Å²) in [5, 5.41) is 2.93. The summed E-state index contributed by atoms with van der Waals surface area (Å²) in [6, 6.07) is 16.1. The standard InChI is InChI=1S/C18H13N3O/c22-18-16(9-14-10-19-11-20-14)15-7-6-13(8-17(15)21-18)12-4-2-1-3-5-12/h1-11H,(H,19,20)(H,21,22). The van der Waals surface area contributed by atoms with Crippen molar-refractivity contribution in [3.8, 4) is 11.1 Å². The van der Waals surface area contributed by atoms with E-state index in [-0.39, 0.29) is 5.91 Å². The molecule has 2 N–H and O–H groups in total. The Balaban J connectivity index is 1.78. The molecule has 0 aliphatic carbocycles. The van der Waals surface area contributed by atoms with Crippen LogP contribution in [0.1, 0.15) is 11.3 Å². The number of amides is 1. The fourth-order valence-corrected chi connectivity index (χ4v) is 2.65. The van der Waals surface area contributed by atoms with Crippen LogP contribution in [-0.4, -0.2) is 15.9 Å². The molecule has 0 radical (unpaired) electrons. The first kappa shape index (κ1) is 12.6. The van der Waals surface area contributed by atoms with Crippen molar-refractivity contribution in [3.05, 3.63) is 72.3 Å². The zero-order valence-electron chi connectivity index (χ0n) is 11.7. The minimum Gasteiger partial charge on any atom is -0.345 e. The lowest BCUT2D eigenvalue weighted by Gasteiger charge is -2.04. The largest absolute Gasteiger partial charge is 0.345 e. The van der Waals surface area contributed by atoms with Crippen LogP contribution in [0, 0.1) is 0 Å². The third kappa shape index (κ3) is 2.11. The number of H-pyrrole nitrogens is 1. The van der Waals surface area contributed by atoms with Crippen LogP contribution in [0.4, 0.5) is 5.69 Å². The van der Waals surface area contributed by atoms with E-state index in [0.717, 1.165) is 28.1 Å². The monoisotopic (exact) mass is 287 g/mol. The zero-order chi connectivity index (χ0) is 14.9. The average molecular weight is 287 g/mol. The quantitative estimate of drug-likeness (QED) is 0.708. The van der Waals surface area contributed by atoms with Gasteiger partial charge in [0.25, 0.3) is 5.91 Å². The summed E-state index contributed by atoms with van der Waals surface area (Å²) in [4.78, 5) is 19.1. The van der Waals surface area contributed by atoms with Gasteiger partial charge >= 0.3 is 0 Å². The van der Waals surface area contributed by atoms with Crippen molar-refractivity contribution in [3.63, 3.8) is 0 Å². The van der Waals surface area contributed by atoms with Crippen LogP contribution in [-0.2, 0) is 4.79 Å². The summed E-state index contributed by atoms with van der Waals surface area (Å²) in [5.74, 6) is -0.0881. The number of aromatic nitrogens is 2. The van der Waals surface area contributed by atoms with Crippen LogP contribution >= 0.6 is 0 Å². The van der Waals surface area contributed by atoms with E-state index in [0.29, 0.717) is 5.57 Å². The second-order valence-electron chi connectivity index (χ2n) is 5.15. The summed E-state index contributed by atoms with van der Waals surface area (Å²) in [6.07, 6.45) is 5.10. The molecule has 0 saturated carbocycles. The number of anilines is 1. The van der Waals surface area contributed by atoms with Crippen molar-refractivity contribution < 1.29 is 4.79 Å². The molecule has 1 amide bonds. The molecule has 4 nitrogen and oxygen atoms in total. The maximum Gasteiger partial charge on any atom is 0.256 e. The van der Waals surface area contributed by atoms with Gasteiger partial charge in [0.2, 0.25) is 0 Å². The smallest absolute Gasteiger partial charge is 0.256 e. The number of aromatic amines is 1. The van der Waals surface area contributed by atoms with Gasteiger partial charge in [0.05, 0.1) is 23.8 Å². The molecule has 2 aromatic carbocycles. The first-order valence-corrected chi connectivity index (χ1v) is 7.02. The maximum atomic E-state index is 12.2. The highest BCUT2D eigenvalue weighted by Crippen LogP contribution is 2.35. The number of carbonyl (C=O) groups is 1. The van der Waals surface area contributed by atoms with E-state index in [4.69, 9.17) is 0 Å². The fourth-order valence-electron chi connectivity index (χ4n) is 2.65. The van der Waals surface area contributed by atoms with Gasteiger partial charge in [-0.1, -0.05) is 42.5 Å². The molecule has 0 fully saturated rings. The number of benzene rings is 2. The second kappa shape index (κ2) is 5.00. The van der Waals surface area contributed by atoms with Gasteiger partial charge in [-0.2, -0.15) is 0 Å². The molecule has 4 heteroatoms. The number of carbonyl (C=O) groups excluding carboxylic acids is 1. The third-order valence-electron chi connectivity index (χ3n) is 3.73. The highest BCUT2D eigenvalue weighted by Gasteiger charge is 2.24. The Morgan fingerprint density at radius 2 is 1.86 bits per heavy atom. The predicted molar refractivity (Wildman–Crippen MR) is 87.0 cm³/mol. The molecule has 4 rings (SSSR count). The molecule has 0 saturated heterocycles. The van der Waals surface area contributed by atoms with Crippen LogP contribution in [0.25, 0.3) is 22.8 Å². The van der Waals surface area contributed by atoms with Crippen molar-refractivity contribution >= 4 is 23.2 Å². The van der Waals surface area contributed by atoms with E-state index >= 15 is 0 Å². The normalized spacial score (nSPS) is 14.9. The lowest BCUT2D eigenvalue weighted by molar-refractivity contribution is -0.110. The highest BCUT2D eigenvalue weighted by molar-refractivity contribution is 6.35. The van der Waals surface area contributed by atoms with Crippen molar-refractivity contribution in [2.24, 2.45) is 0 Å². The Morgan fingerprint density at radius 3 is 2.64 bits per heavy atom. The van der Waals surface area contributed by atoms with Gasteiger partial charge in [-0.25, -0.2) is 4.98 Å². The van der Waals surface area contributed by atoms with E-state index in [1.165, 1.54) is 0 Å². The van der Waals surface area contributed by atoms with E-state index in [9.17, 15) is 4.79 Å².